The zero-order valence-corrected chi connectivity index (χ0v) is 11.0. The molecule has 0 aliphatic carbocycles. The van der Waals surface area contributed by atoms with Crippen molar-refractivity contribution in [1.82, 2.24) is 0 Å². The summed E-state index contributed by atoms with van der Waals surface area (Å²) >= 11 is 0. The zero-order chi connectivity index (χ0) is 15.4. The van der Waals surface area contributed by atoms with Gasteiger partial charge in [-0.1, -0.05) is 12.1 Å². The number of nitrogens with two attached hydrogens (primary N) is 1. The molecule has 0 aliphatic heterocycles. The number of anilines is 1. The van der Waals surface area contributed by atoms with Crippen LogP contribution in [0.15, 0.2) is 42.5 Å². The first-order chi connectivity index (χ1) is 9.95. The number of phenolic OH excluding ortho intramolecular Hbond substituents is 1. The summed E-state index contributed by atoms with van der Waals surface area (Å²) in [4.78, 5) is 11.9. The van der Waals surface area contributed by atoms with Crippen molar-refractivity contribution in [2.75, 3.05) is 5.32 Å². The molecule has 2 rings (SSSR count). The Morgan fingerprint density at radius 1 is 1.14 bits per heavy atom. The predicted molar refractivity (Wildman–Crippen MR) is 74.8 cm³/mol. The van der Waals surface area contributed by atoms with Crippen LogP contribution in [0.2, 0.25) is 0 Å². The number of hydrogen-bond acceptors (Lipinski definition) is 3. The van der Waals surface area contributed by atoms with Gasteiger partial charge in [0.25, 0.3) is 0 Å². The van der Waals surface area contributed by atoms with E-state index < -0.39 is 23.6 Å². The molecule has 4 N–H and O–H groups in total. The van der Waals surface area contributed by atoms with Gasteiger partial charge >= 0.3 is 0 Å². The molecule has 21 heavy (non-hydrogen) atoms. The molecule has 1 amide bonds. The van der Waals surface area contributed by atoms with Gasteiger partial charge < -0.3 is 16.2 Å². The third kappa shape index (κ3) is 4.00. The summed E-state index contributed by atoms with van der Waals surface area (Å²) in [5, 5.41) is 11.6. The lowest BCUT2D eigenvalue weighted by Gasteiger charge is -2.12. The van der Waals surface area contributed by atoms with Crippen molar-refractivity contribution in [3.8, 4) is 5.75 Å². The van der Waals surface area contributed by atoms with Crippen molar-refractivity contribution in [3.05, 3.63) is 59.7 Å². The van der Waals surface area contributed by atoms with Gasteiger partial charge in [-0.05, 0) is 36.2 Å². The van der Waals surface area contributed by atoms with E-state index in [1.807, 2.05) is 0 Å². The Morgan fingerprint density at radius 2 is 1.81 bits per heavy atom. The van der Waals surface area contributed by atoms with Crippen LogP contribution in [0.3, 0.4) is 0 Å². The highest BCUT2D eigenvalue weighted by molar-refractivity contribution is 5.94. The maximum absolute atomic E-state index is 13.0. The zero-order valence-electron chi connectivity index (χ0n) is 11.0. The molecule has 6 heteroatoms. The molecule has 0 aromatic heterocycles. The topological polar surface area (TPSA) is 75.3 Å². The van der Waals surface area contributed by atoms with E-state index in [-0.39, 0.29) is 17.9 Å². The van der Waals surface area contributed by atoms with Gasteiger partial charge in [-0.3, -0.25) is 4.79 Å². The van der Waals surface area contributed by atoms with E-state index in [0.29, 0.717) is 0 Å². The third-order valence-electron chi connectivity index (χ3n) is 2.92. The fraction of sp³-hybridized carbons (Fsp3) is 0.133. The van der Waals surface area contributed by atoms with Gasteiger partial charge in [0.2, 0.25) is 5.91 Å². The third-order valence-corrected chi connectivity index (χ3v) is 2.92. The maximum atomic E-state index is 13.0. The van der Waals surface area contributed by atoms with Crippen molar-refractivity contribution < 1.29 is 18.7 Å². The molecule has 0 fully saturated rings. The van der Waals surface area contributed by atoms with Crippen LogP contribution in [0.1, 0.15) is 5.56 Å². The summed E-state index contributed by atoms with van der Waals surface area (Å²) < 4.78 is 25.8. The number of hydrogen-bond donors (Lipinski definition) is 3. The SMILES string of the molecule is NC(Cc1ccc(O)cc1)C(=O)Nc1ccc(F)c(F)c1. The van der Waals surface area contributed by atoms with Gasteiger partial charge in [-0.25, -0.2) is 8.78 Å². The van der Waals surface area contributed by atoms with Crippen LogP contribution in [-0.2, 0) is 11.2 Å². The molecule has 0 spiro atoms. The van der Waals surface area contributed by atoms with E-state index in [4.69, 9.17) is 10.8 Å². The second-order valence-corrected chi connectivity index (χ2v) is 4.60. The molecular weight excluding hydrogens is 278 g/mol. The average Bonchev–Trinajstić information content (AvgIpc) is 2.45. The number of amides is 1. The van der Waals surface area contributed by atoms with Crippen molar-refractivity contribution in [3.63, 3.8) is 0 Å². The monoisotopic (exact) mass is 292 g/mol. The maximum Gasteiger partial charge on any atom is 0.241 e. The van der Waals surface area contributed by atoms with Crippen LogP contribution in [0.5, 0.6) is 5.75 Å². The second-order valence-electron chi connectivity index (χ2n) is 4.60. The van der Waals surface area contributed by atoms with E-state index in [2.05, 4.69) is 5.32 Å². The molecule has 0 aliphatic rings. The first-order valence-electron chi connectivity index (χ1n) is 6.25. The molecule has 1 atom stereocenters. The molecule has 2 aromatic rings. The van der Waals surface area contributed by atoms with E-state index in [9.17, 15) is 13.6 Å². The largest absolute Gasteiger partial charge is 0.508 e. The molecule has 110 valence electrons. The second kappa shape index (κ2) is 6.32. The lowest BCUT2D eigenvalue weighted by Crippen LogP contribution is -2.37. The lowest BCUT2D eigenvalue weighted by molar-refractivity contribution is -0.117. The van der Waals surface area contributed by atoms with Gasteiger partial charge in [0.15, 0.2) is 11.6 Å². The molecule has 0 heterocycles. The highest BCUT2D eigenvalue weighted by atomic mass is 19.2. The molecule has 0 bridgehead atoms. The lowest BCUT2D eigenvalue weighted by atomic mass is 10.1. The van der Waals surface area contributed by atoms with Gasteiger partial charge in [0.05, 0.1) is 6.04 Å². The Bertz CT molecular complexity index is 645. The molecule has 0 saturated heterocycles. The summed E-state index contributed by atoms with van der Waals surface area (Å²) in [5.74, 6) is -2.41. The average molecular weight is 292 g/mol. The summed E-state index contributed by atoms with van der Waals surface area (Å²) in [6.07, 6.45) is 0.260. The minimum absolute atomic E-state index is 0.124. The van der Waals surface area contributed by atoms with Crippen molar-refractivity contribution in [2.45, 2.75) is 12.5 Å². The van der Waals surface area contributed by atoms with Crippen LogP contribution in [-0.4, -0.2) is 17.1 Å². The van der Waals surface area contributed by atoms with Crippen molar-refractivity contribution >= 4 is 11.6 Å². The van der Waals surface area contributed by atoms with Crippen LogP contribution >= 0.6 is 0 Å². The Kier molecular flexibility index (Phi) is 4.49. The smallest absolute Gasteiger partial charge is 0.241 e. The number of carbonyl (C=O) groups is 1. The van der Waals surface area contributed by atoms with E-state index in [0.717, 1.165) is 17.7 Å². The van der Waals surface area contributed by atoms with Crippen molar-refractivity contribution in [2.24, 2.45) is 5.73 Å². The van der Waals surface area contributed by atoms with Gasteiger partial charge in [0.1, 0.15) is 5.75 Å². The Morgan fingerprint density at radius 3 is 2.43 bits per heavy atom. The number of rotatable bonds is 4. The molecule has 1 unspecified atom stereocenters. The minimum atomic E-state index is -1.04. The van der Waals surface area contributed by atoms with Crippen LogP contribution in [0.4, 0.5) is 14.5 Å². The normalized spacial score (nSPS) is 12.0. The number of aromatic hydroxyl groups is 1. The summed E-state index contributed by atoms with van der Waals surface area (Å²) in [6, 6.07) is 8.52. The molecule has 2 aromatic carbocycles. The predicted octanol–water partition coefficient (Wildman–Crippen LogP) is 2.18. The Balaban J connectivity index is 1.98. The highest BCUT2D eigenvalue weighted by Crippen LogP contribution is 2.14. The van der Waals surface area contributed by atoms with Gasteiger partial charge in [-0.15, -0.1) is 0 Å². The number of benzene rings is 2. The van der Waals surface area contributed by atoms with Crippen LogP contribution < -0.4 is 11.1 Å². The number of carbonyl (C=O) groups excluding carboxylic acids is 1. The van der Waals surface area contributed by atoms with Crippen molar-refractivity contribution in [1.29, 1.82) is 0 Å². The van der Waals surface area contributed by atoms with E-state index in [1.54, 1.807) is 12.1 Å². The summed E-state index contributed by atoms with van der Waals surface area (Å²) in [6.45, 7) is 0. The fourth-order valence-corrected chi connectivity index (χ4v) is 1.79. The number of phenols is 1. The fourth-order valence-electron chi connectivity index (χ4n) is 1.79. The summed E-state index contributed by atoms with van der Waals surface area (Å²) in [5.41, 5.74) is 6.68. The first-order valence-corrected chi connectivity index (χ1v) is 6.25. The molecule has 4 nitrogen and oxygen atoms in total. The van der Waals surface area contributed by atoms with Crippen LogP contribution in [0, 0.1) is 11.6 Å². The minimum Gasteiger partial charge on any atom is -0.508 e. The van der Waals surface area contributed by atoms with Gasteiger partial charge in [-0.2, -0.15) is 0 Å². The quantitative estimate of drug-likeness (QED) is 0.808. The first kappa shape index (κ1) is 14.9. The Labute approximate surface area is 120 Å². The molecule has 0 saturated carbocycles. The van der Waals surface area contributed by atoms with E-state index >= 15 is 0 Å². The van der Waals surface area contributed by atoms with Gasteiger partial charge in [0, 0.05) is 11.8 Å². The molecular formula is C15H14F2N2O2. The standard InChI is InChI=1S/C15H14F2N2O2/c16-12-6-3-10(8-13(12)17)19-15(21)14(18)7-9-1-4-11(20)5-2-9/h1-6,8,14,20H,7,18H2,(H,19,21). The van der Waals surface area contributed by atoms with Crippen LogP contribution in [0.25, 0.3) is 0 Å². The molecule has 0 radical (unpaired) electrons. The Hall–Kier alpha value is -2.47. The highest BCUT2D eigenvalue weighted by Gasteiger charge is 2.15. The number of nitrogens with one attached hydrogen (secondary N) is 1. The van der Waals surface area contributed by atoms with E-state index in [1.165, 1.54) is 18.2 Å². The number of halogens is 2. The summed E-state index contributed by atoms with van der Waals surface area (Å²) in [7, 11) is 0.